The van der Waals surface area contributed by atoms with Crippen LogP contribution in [-0.4, -0.2) is 16.1 Å². The Morgan fingerprint density at radius 2 is 2.00 bits per heavy atom. The van der Waals surface area contributed by atoms with Gasteiger partial charge in [0.25, 0.3) is 0 Å². The van der Waals surface area contributed by atoms with Crippen molar-refractivity contribution in [3.8, 4) is 0 Å². The number of carbonyl (C=O) groups is 1. The minimum absolute atomic E-state index is 0.0648. The van der Waals surface area contributed by atoms with Crippen LogP contribution in [-0.2, 0) is 5.54 Å². The lowest BCUT2D eigenvalue weighted by Gasteiger charge is -2.29. The molecular weight excluding hydrogens is 230 g/mol. The van der Waals surface area contributed by atoms with Gasteiger partial charge in [-0.05, 0) is 45.9 Å². The maximum atomic E-state index is 11.7. The smallest absolute Gasteiger partial charge is 0.162 e. The zero-order valence-corrected chi connectivity index (χ0v) is 12.6. The number of carbonyl (C=O) groups excluding carboxylic acids is 1. The van der Waals surface area contributed by atoms with Crippen LogP contribution in [0.25, 0.3) is 0 Å². The Morgan fingerprint density at radius 1 is 1.41 bits per heavy atom. The van der Waals surface area contributed by atoms with Gasteiger partial charge in [0.2, 0.25) is 0 Å². The topological polar surface area (TPSA) is 22.0 Å². The molecular formula is C14H23NOS. The van der Waals surface area contributed by atoms with Crippen LogP contribution < -0.4 is 0 Å². The fourth-order valence-corrected chi connectivity index (χ4v) is 3.21. The van der Waals surface area contributed by atoms with Gasteiger partial charge in [0, 0.05) is 16.8 Å². The first kappa shape index (κ1) is 14.4. The molecule has 0 bridgehead atoms. The number of aryl methyl sites for hydroxylation is 1. The molecule has 1 heterocycles. The van der Waals surface area contributed by atoms with Crippen molar-refractivity contribution < 1.29 is 4.79 Å². The Hall–Kier alpha value is -0.700. The van der Waals surface area contributed by atoms with E-state index in [1.165, 1.54) is 5.69 Å². The number of ketones is 1. The molecule has 0 aliphatic heterocycles. The van der Waals surface area contributed by atoms with Crippen molar-refractivity contribution in [2.75, 3.05) is 5.75 Å². The molecule has 17 heavy (non-hydrogen) atoms. The lowest BCUT2D eigenvalue weighted by molar-refractivity contribution is 0.101. The fourth-order valence-electron chi connectivity index (χ4n) is 2.06. The summed E-state index contributed by atoms with van der Waals surface area (Å²) < 4.78 is 2.32. The van der Waals surface area contributed by atoms with Crippen LogP contribution in [0.4, 0.5) is 0 Å². The standard InChI is InChI=1S/C14H23NOS/c1-7-14(5,6)15-10(3)9-12(11(4)16)13(15)17-8-2/h9H,7-8H2,1-6H3. The quantitative estimate of drug-likeness (QED) is 0.578. The average Bonchev–Trinajstić information content (AvgIpc) is 2.57. The summed E-state index contributed by atoms with van der Waals surface area (Å²) in [6, 6.07) is 2.03. The van der Waals surface area contributed by atoms with E-state index in [1.54, 1.807) is 18.7 Å². The monoisotopic (exact) mass is 253 g/mol. The van der Waals surface area contributed by atoms with Gasteiger partial charge in [-0.2, -0.15) is 0 Å². The predicted molar refractivity (Wildman–Crippen MR) is 75.2 cm³/mol. The first-order valence-corrected chi connectivity index (χ1v) is 7.20. The number of aromatic nitrogens is 1. The van der Waals surface area contributed by atoms with Crippen molar-refractivity contribution in [3.63, 3.8) is 0 Å². The number of hydrogen-bond donors (Lipinski definition) is 0. The second kappa shape index (κ2) is 5.30. The summed E-state index contributed by atoms with van der Waals surface area (Å²) in [6.45, 7) is 12.5. The summed E-state index contributed by atoms with van der Waals surface area (Å²) in [5.41, 5.74) is 2.11. The molecule has 3 heteroatoms. The molecule has 0 radical (unpaired) electrons. The fraction of sp³-hybridized carbons (Fsp3) is 0.643. The molecule has 0 aromatic carbocycles. The third-order valence-electron chi connectivity index (χ3n) is 3.27. The van der Waals surface area contributed by atoms with Gasteiger partial charge in [-0.3, -0.25) is 4.79 Å². The molecule has 0 saturated carbocycles. The number of thioether (sulfide) groups is 1. The Balaban J connectivity index is 3.42. The van der Waals surface area contributed by atoms with Gasteiger partial charge in [0.15, 0.2) is 5.78 Å². The highest BCUT2D eigenvalue weighted by molar-refractivity contribution is 7.99. The summed E-state index contributed by atoms with van der Waals surface area (Å²) in [4.78, 5) is 11.7. The SMILES string of the molecule is CCSc1c(C(C)=O)cc(C)n1C(C)(C)CC. The second-order valence-electron chi connectivity index (χ2n) is 5.00. The van der Waals surface area contributed by atoms with E-state index >= 15 is 0 Å². The second-order valence-corrected chi connectivity index (χ2v) is 6.25. The molecule has 2 nitrogen and oxygen atoms in total. The number of rotatable bonds is 5. The molecule has 0 saturated heterocycles. The van der Waals surface area contributed by atoms with E-state index in [2.05, 4.69) is 39.2 Å². The van der Waals surface area contributed by atoms with E-state index in [0.29, 0.717) is 0 Å². The van der Waals surface area contributed by atoms with Gasteiger partial charge < -0.3 is 4.57 Å². The number of hydrogen-bond acceptors (Lipinski definition) is 2. The van der Waals surface area contributed by atoms with Crippen molar-refractivity contribution in [1.82, 2.24) is 4.57 Å². The van der Waals surface area contributed by atoms with Crippen LogP contribution >= 0.6 is 11.8 Å². The van der Waals surface area contributed by atoms with E-state index in [0.717, 1.165) is 22.8 Å². The van der Waals surface area contributed by atoms with Crippen LogP contribution in [0.3, 0.4) is 0 Å². The van der Waals surface area contributed by atoms with Crippen LogP contribution in [0.2, 0.25) is 0 Å². The lowest BCUT2D eigenvalue weighted by Crippen LogP contribution is -2.27. The third kappa shape index (κ3) is 2.76. The minimum Gasteiger partial charge on any atom is -0.334 e. The zero-order valence-electron chi connectivity index (χ0n) is 11.8. The van der Waals surface area contributed by atoms with Crippen molar-refractivity contribution >= 4 is 17.5 Å². The van der Waals surface area contributed by atoms with E-state index < -0.39 is 0 Å². The highest BCUT2D eigenvalue weighted by atomic mass is 32.2. The Morgan fingerprint density at radius 3 is 2.41 bits per heavy atom. The van der Waals surface area contributed by atoms with Crippen molar-refractivity contribution in [2.45, 2.75) is 58.5 Å². The van der Waals surface area contributed by atoms with Gasteiger partial charge in [-0.25, -0.2) is 0 Å². The molecule has 0 unspecified atom stereocenters. The van der Waals surface area contributed by atoms with Crippen LogP contribution in [0.5, 0.6) is 0 Å². The van der Waals surface area contributed by atoms with Crippen LogP contribution in [0.15, 0.2) is 11.1 Å². The molecule has 0 fully saturated rings. The zero-order chi connectivity index (χ0) is 13.2. The summed E-state index contributed by atoms with van der Waals surface area (Å²) in [5, 5.41) is 1.13. The molecule has 0 N–H and O–H groups in total. The summed E-state index contributed by atoms with van der Waals surface area (Å²) in [5.74, 6) is 1.15. The third-order valence-corrected chi connectivity index (χ3v) is 4.23. The maximum Gasteiger partial charge on any atom is 0.162 e. The molecule has 1 aromatic heterocycles. The van der Waals surface area contributed by atoms with Crippen molar-refractivity contribution in [2.24, 2.45) is 0 Å². The average molecular weight is 253 g/mol. The molecule has 0 amide bonds. The first-order chi connectivity index (χ1) is 7.85. The normalized spacial score (nSPS) is 11.9. The molecule has 96 valence electrons. The molecule has 1 rings (SSSR count). The Bertz CT molecular complexity index is 418. The van der Waals surface area contributed by atoms with Crippen molar-refractivity contribution in [3.05, 3.63) is 17.3 Å². The lowest BCUT2D eigenvalue weighted by atomic mass is 10.0. The largest absolute Gasteiger partial charge is 0.334 e. The Kier molecular flexibility index (Phi) is 4.48. The highest BCUT2D eigenvalue weighted by Crippen LogP contribution is 2.34. The minimum atomic E-state index is 0.0648. The van der Waals surface area contributed by atoms with Crippen LogP contribution in [0.1, 0.15) is 57.1 Å². The van der Waals surface area contributed by atoms with Gasteiger partial charge >= 0.3 is 0 Å². The highest BCUT2D eigenvalue weighted by Gasteiger charge is 2.25. The van der Waals surface area contributed by atoms with Gasteiger partial charge in [-0.1, -0.05) is 13.8 Å². The Labute approximate surface area is 109 Å². The van der Waals surface area contributed by atoms with E-state index in [4.69, 9.17) is 0 Å². The van der Waals surface area contributed by atoms with Gasteiger partial charge in [0.1, 0.15) is 0 Å². The number of nitrogens with zero attached hydrogens (tertiary/aromatic N) is 1. The first-order valence-electron chi connectivity index (χ1n) is 6.21. The van der Waals surface area contributed by atoms with E-state index in [1.807, 2.05) is 6.07 Å². The molecule has 0 aliphatic carbocycles. The van der Waals surface area contributed by atoms with E-state index in [-0.39, 0.29) is 11.3 Å². The van der Waals surface area contributed by atoms with E-state index in [9.17, 15) is 4.79 Å². The van der Waals surface area contributed by atoms with Gasteiger partial charge in [0.05, 0.1) is 5.03 Å². The van der Waals surface area contributed by atoms with Gasteiger partial charge in [-0.15, -0.1) is 11.8 Å². The summed E-state index contributed by atoms with van der Waals surface area (Å²) in [7, 11) is 0. The van der Waals surface area contributed by atoms with Crippen LogP contribution in [0, 0.1) is 6.92 Å². The molecule has 1 aromatic rings. The molecule has 0 atom stereocenters. The van der Waals surface area contributed by atoms with Crippen molar-refractivity contribution in [1.29, 1.82) is 0 Å². The summed E-state index contributed by atoms with van der Waals surface area (Å²) >= 11 is 1.76. The predicted octanol–water partition coefficient (Wildman–Crippen LogP) is 4.26. The molecule has 0 aliphatic rings. The maximum absolute atomic E-state index is 11.7. The number of Topliss-reactive ketones (excluding diaryl/α,β-unsaturated/α-hetero) is 1. The summed E-state index contributed by atoms with van der Waals surface area (Å²) in [6.07, 6.45) is 1.05. The molecule has 0 spiro atoms.